The van der Waals surface area contributed by atoms with Crippen LogP contribution in [-0.4, -0.2) is 21.1 Å². The first-order chi connectivity index (χ1) is 8.90. The molecule has 0 amide bonds. The Morgan fingerprint density at radius 2 is 2.28 bits per heavy atom. The maximum absolute atomic E-state index is 4.30. The van der Waals surface area contributed by atoms with E-state index in [4.69, 9.17) is 0 Å². The maximum Gasteiger partial charge on any atom is 0.0948 e. The summed E-state index contributed by atoms with van der Waals surface area (Å²) >= 11 is 0. The van der Waals surface area contributed by atoms with E-state index in [9.17, 15) is 0 Å². The minimum Gasteiger partial charge on any atom is -0.333 e. The number of nitrogens with zero attached hydrogens (tertiary/aromatic N) is 3. The van der Waals surface area contributed by atoms with E-state index in [2.05, 4.69) is 32.8 Å². The first-order valence-electron chi connectivity index (χ1n) is 6.49. The predicted molar refractivity (Wildman–Crippen MR) is 72.2 cm³/mol. The number of nitrogens with one attached hydrogen (secondary N) is 1. The zero-order chi connectivity index (χ0) is 12.6. The summed E-state index contributed by atoms with van der Waals surface area (Å²) in [6.45, 7) is 5.02. The van der Waals surface area contributed by atoms with Crippen molar-refractivity contribution in [1.29, 1.82) is 0 Å². The molecule has 0 aliphatic carbocycles. The average Bonchev–Trinajstić information content (AvgIpc) is 2.84. The molecule has 4 nitrogen and oxygen atoms in total. The van der Waals surface area contributed by atoms with Gasteiger partial charge in [-0.3, -0.25) is 4.98 Å². The number of hydrogen-bond acceptors (Lipinski definition) is 3. The fourth-order valence-corrected chi connectivity index (χ4v) is 1.92. The monoisotopic (exact) mass is 244 g/mol. The lowest BCUT2D eigenvalue weighted by molar-refractivity contribution is 0.600. The Morgan fingerprint density at radius 1 is 1.33 bits per heavy atom. The molecule has 0 aliphatic rings. The van der Waals surface area contributed by atoms with Gasteiger partial charge in [-0.15, -0.1) is 0 Å². The predicted octanol–water partition coefficient (Wildman–Crippen LogP) is 2.02. The lowest BCUT2D eigenvalue weighted by Gasteiger charge is -2.07. The molecule has 0 unspecified atom stereocenters. The number of aryl methyl sites for hydroxylation is 1. The zero-order valence-corrected chi connectivity index (χ0v) is 10.8. The lowest BCUT2D eigenvalue weighted by atomic mass is 10.2. The van der Waals surface area contributed by atoms with Crippen molar-refractivity contribution < 1.29 is 0 Å². The molecule has 2 rings (SSSR count). The molecule has 18 heavy (non-hydrogen) atoms. The van der Waals surface area contributed by atoms with Crippen molar-refractivity contribution in [2.45, 2.75) is 32.9 Å². The second kappa shape index (κ2) is 6.91. The fourth-order valence-electron chi connectivity index (χ4n) is 1.92. The molecule has 0 fully saturated rings. The molecule has 1 N–H and O–H groups in total. The van der Waals surface area contributed by atoms with Crippen molar-refractivity contribution in [3.05, 3.63) is 48.3 Å². The van der Waals surface area contributed by atoms with Crippen molar-refractivity contribution in [2.75, 3.05) is 6.54 Å². The van der Waals surface area contributed by atoms with E-state index in [1.807, 2.05) is 30.9 Å². The first kappa shape index (κ1) is 12.8. The van der Waals surface area contributed by atoms with Crippen LogP contribution in [0.2, 0.25) is 0 Å². The molecule has 0 aromatic carbocycles. The van der Waals surface area contributed by atoms with Crippen LogP contribution in [0.4, 0.5) is 0 Å². The molecule has 2 aromatic rings. The van der Waals surface area contributed by atoms with E-state index in [0.717, 1.165) is 38.2 Å². The molecule has 4 heteroatoms. The number of rotatable bonds is 7. The number of pyridine rings is 1. The largest absolute Gasteiger partial charge is 0.333 e. The number of aromatic nitrogens is 3. The average molecular weight is 244 g/mol. The lowest BCUT2D eigenvalue weighted by Crippen LogP contribution is -2.19. The highest BCUT2D eigenvalue weighted by atomic mass is 15.1. The normalized spacial score (nSPS) is 10.7. The van der Waals surface area contributed by atoms with Crippen LogP contribution in [0.5, 0.6) is 0 Å². The van der Waals surface area contributed by atoms with E-state index in [1.165, 1.54) is 5.69 Å². The molecule has 96 valence electrons. The smallest absolute Gasteiger partial charge is 0.0948 e. The third kappa shape index (κ3) is 3.67. The van der Waals surface area contributed by atoms with Crippen LogP contribution in [-0.2, 0) is 19.5 Å². The van der Waals surface area contributed by atoms with Crippen LogP contribution >= 0.6 is 0 Å². The summed E-state index contributed by atoms with van der Waals surface area (Å²) in [5.74, 6) is 0. The van der Waals surface area contributed by atoms with Crippen molar-refractivity contribution in [2.24, 2.45) is 0 Å². The highest BCUT2D eigenvalue weighted by Gasteiger charge is 2.00. The van der Waals surface area contributed by atoms with Gasteiger partial charge in [-0.2, -0.15) is 0 Å². The Labute approximate surface area is 108 Å². The van der Waals surface area contributed by atoms with E-state index < -0.39 is 0 Å². The fraction of sp³-hybridized carbons (Fsp3) is 0.429. The van der Waals surface area contributed by atoms with E-state index in [0.29, 0.717) is 0 Å². The van der Waals surface area contributed by atoms with E-state index in [-0.39, 0.29) is 0 Å². The molecule has 0 saturated carbocycles. The molecule has 0 aliphatic heterocycles. The summed E-state index contributed by atoms with van der Waals surface area (Å²) in [4.78, 5) is 8.49. The number of hydrogen-bond donors (Lipinski definition) is 1. The van der Waals surface area contributed by atoms with E-state index in [1.54, 1.807) is 0 Å². The second-order valence-electron chi connectivity index (χ2n) is 4.33. The van der Waals surface area contributed by atoms with Gasteiger partial charge in [-0.25, -0.2) is 4.98 Å². The Bertz CT molecular complexity index is 450. The summed E-state index contributed by atoms with van der Waals surface area (Å²) in [5.41, 5.74) is 2.38. The molecule has 0 saturated heterocycles. The van der Waals surface area contributed by atoms with Gasteiger partial charge in [0, 0.05) is 44.1 Å². The third-order valence-corrected chi connectivity index (χ3v) is 2.85. The second-order valence-corrected chi connectivity index (χ2v) is 4.33. The molecule has 0 atom stereocenters. The quantitative estimate of drug-likeness (QED) is 0.758. The van der Waals surface area contributed by atoms with Gasteiger partial charge in [0.2, 0.25) is 0 Å². The molecule has 0 radical (unpaired) electrons. The maximum atomic E-state index is 4.30. The Balaban J connectivity index is 1.73. The molecular formula is C14H20N4. The standard InChI is InChI=1S/C14H20N4/c1-2-9-18-12-16-11-14(18)10-15-8-6-13-5-3-4-7-17-13/h3-5,7,11-12,15H,2,6,8-10H2,1H3. The van der Waals surface area contributed by atoms with Gasteiger partial charge in [0.25, 0.3) is 0 Å². The van der Waals surface area contributed by atoms with Gasteiger partial charge in [-0.05, 0) is 18.6 Å². The van der Waals surface area contributed by atoms with Crippen LogP contribution in [0.15, 0.2) is 36.9 Å². The van der Waals surface area contributed by atoms with Crippen LogP contribution < -0.4 is 5.32 Å². The minimum atomic E-state index is 0.868. The van der Waals surface area contributed by atoms with Crippen LogP contribution in [0.1, 0.15) is 24.7 Å². The SMILES string of the molecule is CCCn1cncc1CNCCc1ccccn1. The summed E-state index contributed by atoms with van der Waals surface area (Å²) in [6.07, 6.45) is 7.77. The van der Waals surface area contributed by atoms with Gasteiger partial charge in [0.1, 0.15) is 0 Å². The molecule has 2 heterocycles. The van der Waals surface area contributed by atoms with Crippen molar-refractivity contribution >= 4 is 0 Å². The zero-order valence-electron chi connectivity index (χ0n) is 10.8. The van der Waals surface area contributed by atoms with Crippen LogP contribution in [0, 0.1) is 0 Å². The van der Waals surface area contributed by atoms with Crippen molar-refractivity contribution in [3.63, 3.8) is 0 Å². The number of imidazole rings is 1. The summed E-state index contributed by atoms with van der Waals surface area (Å²) in [6, 6.07) is 6.03. The summed E-state index contributed by atoms with van der Waals surface area (Å²) in [7, 11) is 0. The van der Waals surface area contributed by atoms with Gasteiger partial charge < -0.3 is 9.88 Å². The van der Waals surface area contributed by atoms with E-state index >= 15 is 0 Å². The highest BCUT2D eigenvalue weighted by Crippen LogP contribution is 2.00. The molecule has 0 spiro atoms. The van der Waals surface area contributed by atoms with Gasteiger partial charge in [0.15, 0.2) is 0 Å². The first-order valence-corrected chi connectivity index (χ1v) is 6.49. The van der Waals surface area contributed by atoms with Crippen molar-refractivity contribution in [1.82, 2.24) is 19.9 Å². The highest BCUT2D eigenvalue weighted by molar-refractivity contribution is 5.04. The topological polar surface area (TPSA) is 42.7 Å². The van der Waals surface area contributed by atoms with Gasteiger partial charge >= 0.3 is 0 Å². The third-order valence-electron chi connectivity index (χ3n) is 2.85. The van der Waals surface area contributed by atoms with Crippen LogP contribution in [0.25, 0.3) is 0 Å². The molecule has 0 bridgehead atoms. The molecular weight excluding hydrogens is 224 g/mol. The Kier molecular flexibility index (Phi) is 4.90. The Hall–Kier alpha value is -1.68. The minimum absolute atomic E-state index is 0.868. The Morgan fingerprint density at radius 3 is 3.06 bits per heavy atom. The summed E-state index contributed by atoms with van der Waals surface area (Å²) < 4.78 is 2.20. The summed E-state index contributed by atoms with van der Waals surface area (Å²) in [5, 5.41) is 3.43. The van der Waals surface area contributed by atoms with Gasteiger partial charge in [-0.1, -0.05) is 13.0 Å². The van der Waals surface area contributed by atoms with Crippen LogP contribution in [0.3, 0.4) is 0 Å². The van der Waals surface area contributed by atoms with Crippen molar-refractivity contribution in [3.8, 4) is 0 Å². The molecule has 2 aromatic heterocycles. The van der Waals surface area contributed by atoms with Gasteiger partial charge in [0.05, 0.1) is 12.0 Å².